The molecule has 0 aromatic carbocycles. The van der Waals surface area contributed by atoms with Crippen LogP contribution < -0.4 is 11.3 Å². The molecule has 0 aliphatic heterocycles. The average molecular weight is 205 g/mol. The Morgan fingerprint density at radius 1 is 1.47 bits per heavy atom. The number of aromatic nitrogens is 1. The Hall–Kier alpha value is -1.19. The van der Waals surface area contributed by atoms with Crippen LogP contribution in [0.2, 0.25) is 0 Å². The Labute approximate surface area is 91.4 Å². The molecule has 1 heterocycles. The van der Waals surface area contributed by atoms with Crippen LogP contribution in [0.1, 0.15) is 25.0 Å². The van der Waals surface area contributed by atoms with Gasteiger partial charge in [0.1, 0.15) is 0 Å². The molecule has 1 rings (SSSR count). The lowest BCUT2D eigenvalue weighted by molar-refractivity contribution is 0.465. The Morgan fingerprint density at radius 2 is 2.33 bits per heavy atom. The summed E-state index contributed by atoms with van der Waals surface area (Å²) < 4.78 is 0. The van der Waals surface area contributed by atoms with Crippen LogP contribution in [0.25, 0.3) is 0 Å². The van der Waals surface area contributed by atoms with E-state index in [1.54, 1.807) is 0 Å². The summed E-state index contributed by atoms with van der Waals surface area (Å²) in [6, 6.07) is 6.34. The Bertz CT molecular complexity index is 271. The minimum atomic E-state index is 0.352. The van der Waals surface area contributed by atoms with Gasteiger partial charge in [-0.2, -0.15) is 0 Å². The van der Waals surface area contributed by atoms with Crippen molar-refractivity contribution in [1.29, 1.82) is 0 Å². The molecule has 3 nitrogen and oxygen atoms in total. The molecule has 0 radical (unpaired) electrons. The molecule has 1 aromatic rings. The van der Waals surface area contributed by atoms with Crippen LogP contribution in [0, 0.1) is 0 Å². The van der Waals surface area contributed by atoms with Gasteiger partial charge in [0.05, 0.1) is 0 Å². The number of nitrogens with zero attached hydrogens (tertiary/aromatic N) is 1. The highest BCUT2D eigenvalue weighted by atomic mass is 15.2. The van der Waals surface area contributed by atoms with Gasteiger partial charge in [-0.1, -0.05) is 12.1 Å². The molecule has 1 unspecified atom stereocenters. The molecule has 0 amide bonds. The highest BCUT2D eigenvalue weighted by Gasteiger charge is 2.05. The van der Waals surface area contributed by atoms with E-state index in [1.165, 1.54) is 0 Å². The van der Waals surface area contributed by atoms with E-state index >= 15 is 0 Å². The van der Waals surface area contributed by atoms with E-state index in [9.17, 15) is 0 Å². The van der Waals surface area contributed by atoms with Crippen molar-refractivity contribution in [3.8, 4) is 0 Å². The second-order valence-electron chi connectivity index (χ2n) is 3.59. The number of rotatable bonds is 7. The Kier molecular flexibility index (Phi) is 5.66. The van der Waals surface area contributed by atoms with E-state index in [2.05, 4.69) is 17.0 Å². The third-order valence-electron chi connectivity index (χ3n) is 2.43. The lowest BCUT2D eigenvalue weighted by Gasteiger charge is -2.14. The summed E-state index contributed by atoms with van der Waals surface area (Å²) in [6.07, 6.45) is 7.76. The van der Waals surface area contributed by atoms with E-state index in [4.69, 9.17) is 5.84 Å². The molecular weight excluding hydrogens is 186 g/mol. The fourth-order valence-electron chi connectivity index (χ4n) is 1.50. The van der Waals surface area contributed by atoms with Crippen molar-refractivity contribution in [1.82, 2.24) is 10.4 Å². The van der Waals surface area contributed by atoms with Gasteiger partial charge >= 0.3 is 0 Å². The number of hydrogen-bond acceptors (Lipinski definition) is 3. The van der Waals surface area contributed by atoms with Gasteiger partial charge in [0, 0.05) is 17.9 Å². The maximum absolute atomic E-state index is 5.47. The van der Waals surface area contributed by atoms with E-state index in [1.807, 2.05) is 30.5 Å². The largest absolute Gasteiger partial charge is 0.271 e. The van der Waals surface area contributed by atoms with Crippen LogP contribution in [-0.2, 0) is 6.42 Å². The Balaban J connectivity index is 2.31. The predicted octanol–water partition coefficient (Wildman–Crippen LogP) is 1.81. The van der Waals surface area contributed by atoms with E-state index < -0.39 is 0 Å². The number of nitrogens with one attached hydrogen (secondary N) is 1. The number of hydrazine groups is 1. The van der Waals surface area contributed by atoms with Crippen molar-refractivity contribution in [3.63, 3.8) is 0 Å². The standard InChI is InChI=1S/C12H19N3/c1-2-3-6-12(15-13)9-8-11-7-4-5-10-14-11/h2,4-5,7,10,12,15H,1,3,6,8-9,13H2. The summed E-state index contributed by atoms with van der Waals surface area (Å²) in [5.41, 5.74) is 3.95. The first kappa shape index (κ1) is 11.9. The molecule has 3 N–H and O–H groups in total. The fourth-order valence-corrected chi connectivity index (χ4v) is 1.50. The molecular formula is C12H19N3. The number of aryl methyl sites for hydroxylation is 1. The first-order chi connectivity index (χ1) is 7.36. The van der Waals surface area contributed by atoms with Gasteiger partial charge in [-0.15, -0.1) is 6.58 Å². The second kappa shape index (κ2) is 7.15. The van der Waals surface area contributed by atoms with Crippen molar-refractivity contribution < 1.29 is 0 Å². The van der Waals surface area contributed by atoms with E-state index in [0.29, 0.717) is 6.04 Å². The van der Waals surface area contributed by atoms with Gasteiger partial charge in [0.25, 0.3) is 0 Å². The third-order valence-corrected chi connectivity index (χ3v) is 2.43. The number of nitrogens with two attached hydrogens (primary N) is 1. The zero-order valence-electron chi connectivity index (χ0n) is 9.02. The number of allylic oxidation sites excluding steroid dienone is 1. The predicted molar refractivity (Wildman–Crippen MR) is 63.1 cm³/mol. The van der Waals surface area contributed by atoms with E-state index in [-0.39, 0.29) is 0 Å². The smallest absolute Gasteiger partial charge is 0.0404 e. The minimum absolute atomic E-state index is 0.352. The van der Waals surface area contributed by atoms with Gasteiger partial charge < -0.3 is 0 Å². The highest BCUT2D eigenvalue weighted by molar-refractivity contribution is 5.03. The van der Waals surface area contributed by atoms with Gasteiger partial charge in [0.2, 0.25) is 0 Å². The highest BCUT2D eigenvalue weighted by Crippen LogP contribution is 2.06. The normalized spacial score (nSPS) is 12.3. The summed E-state index contributed by atoms with van der Waals surface area (Å²) in [5, 5.41) is 0. The quantitative estimate of drug-likeness (QED) is 0.405. The molecule has 0 spiro atoms. The molecule has 0 fully saturated rings. The SMILES string of the molecule is C=CCCC(CCc1ccccn1)NN. The van der Waals surface area contributed by atoms with Gasteiger partial charge in [0.15, 0.2) is 0 Å². The van der Waals surface area contributed by atoms with Crippen LogP contribution in [0.4, 0.5) is 0 Å². The van der Waals surface area contributed by atoms with Crippen LogP contribution in [0.15, 0.2) is 37.1 Å². The molecule has 1 aromatic heterocycles. The van der Waals surface area contributed by atoms with Gasteiger partial charge in [-0.25, -0.2) is 0 Å². The molecule has 82 valence electrons. The molecule has 15 heavy (non-hydrogen) atoms. The summed E-state index contributed by atoms with van der Waals surface area (Å²) >= 11 is 0. The van der Waals surface area contributed by atoms with Crippen LogP contribution in [0.5, 0.6) is 0 Å². The minimum Gasteiger partial charge on any atom is -0.271 e. The second-order valence-corrected chi connectivity index (χ2v) is 3.59. The lowest BCUT2D eigenvalue weighted by atomic mass is 10.0. The van der Waals surface area contributed by atoms with Crippen molar-refractivity contribution in [2.45, 2.75) is 31.7 Å². The summed E-state index contributed by atoms with van der Waals surface area (Å²) in [7, 11) is 0. The van der Waals surface area contributed by atoms with Crippen molar-refractivity contribution in [2.75, 3.05) is 0 Å². The van der Waals surface area contributed by atoms with Crippen molar-refractivity contribution >= 4 is 0 Å². The van der Waals surface area contributed by atoms with Crippen LogP contribution in [0.3, 0.4) is 0 Å². The average Bonchev–Trinajstić information content (AvgIpc) is 2.31. The van der Waals surface area contributed by atoms with Crippen LogP contribution in [-0.4, -0.2) is 11.0 Å². The Morgan fingerprint density at radius 3 is 2.93 bits per heavy atom. The molecule has 0 saturated carbocycles. The van der Waals surface area contributed by atoms with Gasteiger partial charge in [-0.05, 0) is 37.8 Å². The molecule has 1 atom stereocenters. The van der Waals surface area contributed by atoms with Crippen LogP contribution >= 0.6 is 0 Å². The zero-order valence-corrected chi connectivity index (χ0v) is 9.02. The number of pyridine rings is 1. The maximum atomic E-state index is 5.47. The number of hydrogen-bond donors (Lipinski definition) is 2. The van der Waals surface area contributed by atoms with Gasteiger partial charge in [-0.3, -0.25) is 16.3 Å². The third kappa shape index (κ3) is 4.72. The van der Waals surface area contributed by atoms with Crippen molar-refractivity contribution in [3.05, 3.63) is 42.7 Å². The fraction of sp³-hybridized carbons (Fsp3) is 0.417. The first-order valence-electron chi connectivity index (χ1n) is 5.33. The topological polar surface area (TPSA) is 50.9 Å². The lowest BCUT2D eigenvalue weighted by Crippen LogP contribution is -2.35. The molecule has 0 bridgehead atoms. The molecule has 0 saturated heterocycles. The monoisotopic (exact) mass is 205 g/mol. The van der Waals surface area contributed by atoms with E-state index in [0.717, 1.165) is 31.4 Å². The summed E-state index contributed by atoms with van der Waals surface area (Å²) in [6.45, 7) is 3.70. The summed E-state index contributed by atoms with van der Waals surface area (Å²) in [4.78, 5) is 4.28. The first-order valence-corrected chi connectivity index (χ1v) is 5.33. The van der Waals surface area contributed by atoms with Crippen molar-refractivity contribution in [2.24, 2.45) is 5.84 Å². The molecule has 0 aliphatic rings. The zero-order chi connectivity index (χ0) is 10.9. The summed E-state index contributed by atoms with van der Waals surface area (Å²) in [5.74, 6) is 5.47. The maximum Gasteiger partial charge on any atom is 0.0404 e. The molecule has 3 heteroatoms. The molecule has 0 aliphatic carbocycles.